The van der Waals surface area contributed by atoms with Crippen molar-refractivity contribution in [3.8, 4) is 0 Å². The first kappa shape index (κ1) is 18.3. The Morgan fingerprint density at radius 2 is 1.74 bits per heavy atom. The minimum Gasteiger partial charge on any atom is -0.394 e. The molecule has 6 N–H and O–H groups in total. The summed E-state index contributed by atoms with van der Waals surface area (Å²) in [6.07, 6.45) is -0.709. The number of rotatable bonds is 11. The highest BCUT2D eigenvalue weighted by atomic mass is 16.4. The highest BCUT2D eigenvalue weighted by molar-refractivity contribution is 5.63. The number of nitrogens with one attached hydrogen (secondary N) is 1. The van der Waals surface area contributed by atoms with Gasteiger partial charge in [0.1, 0.15) is 24.4 Å². The van der Waals surface area contributed by atoms with E-state index in [0.717, 1.165) is 31.9 Å². The lowest BCUT2D eigenvalue weighted by atomic mass is 10.0. The van der Waals surface area contributed by atoms with Crippen molar-refractivity contribution in [3.63, 3.8) is 0 Å². The second kappa shape index (κ2) is 11.1. The molecule has 0 aromatic heterocycles. The molecule has 0 spiro atoms. The fourth-order valence-electron chi connectivity index (χ4n) is 1.45. The van der Waals surface area contributed by atoms with Crippen molar-refractivity contribution in [2.24, 2.45) is 5.10 Å². The Morgan fingerprint density at radius 1 is 1.05 bits per heavy atom. The molecule has 0 aromatic rings. The van der Waals surface area contributed by atoms with Crippen LogP contribution in [0.2, 0.25) is 0 Å². The number of unbranched alkanes of at least 4 members (excludes halogenated alkanes) is 3. The number of aliphatic hydroxyl groups excluding tert-OH is 5. The zero-order valence-electron chi connectivity index (χ0n) is 11.3. The third kappa shape index (κ3) is 8.12. The summed E-state index contributed by atoms with van der Waals surface area (Å²) in [6, 6.07) is 0. The van der Waals surface area contributed by atoms with Gasteiger partial charge >= 0.3 is 0 Å². The number of hydrogen-bond acceptors (Lipinski definition) is 7. The van der Waals surface area contributed by atoms with Crippen molar-refractivity contribution in [2.45, 2.75) is 57.0 Å². The van der Waals surface area contributed by atoms with E-state index in [0.29, 0.717) is 6.54 Å². The first-order valence-electron chi connectivity index (χ1n) is 6.63. The second-order valence-corrected chi connectivity index (χ2v) is 4.47. The van der Waals surface area contributed by atoms with Gasteiger partial charge in [-0.2, -0.15) is 5.10 Å². The Labute approximate surface area is 113 Å². The van der Waals surface area contributed by atoms with Crippen LogP contribution < -0.4 is 5.43 Å². The molecule has 0 fully saturated rings. The number of hydrogen-bond donors (Lipinski definition) is 6. The van der Waals surface area contributed by atoms with Crippen LogP contribution in [-0.4, -0.2) is 69.3 Å². The molecule has 7 nitrogen and oxygen atoms in total. The molecule has 0 aliphatic heterocycles. The van der Waals surface area contributed by atoms with E-state index < -0.39 is 31.0 Å². The minimum absolute atomic E-state index is 0.668. The molecular formula is C12H26N2O5. The van der Waals surface area contributed by atoms with Crippen LogP contribution in [0.1, 0.15) is 32.6 Å². The molecule has 0 saturated heterocycles. The van der Waals surface area contributed by atoms with Gasteiger partial charge in [-0.3, -0.25) is 0 Å². The van der Waals surface area contributed by atoms with E-state index in [9.17, 15) is 15.3 Å². The maximum absolute atomic E-state index is 9.48. The SMILES string of the molecule is CCCCCCN/N=C/[C@@H](O)[C@@H](O)[C@H](O)[C@H](O)CO. The summed E-state index contributed by atoms with van der Waals surface area (Å²) in [4.78, 5) is 0. The lowest BCUT2D eigenvalue weighted by Gasteiger charge is -2.23. The number of aliphatic hydroxyl groups is 5. The summed E-state index contributed by atoms with van der Waals surface area (Å²) >= 11 is 0. The zero-order valence-corrected chi connectivity index (χ0v) is 11.3. The average Bonchev–Trinajstić information content (AvgIpc) is 2.43. The molecule has 0 aliphatic carbocycles. The predicted octanol–water partition coefficient (Wildman–Crippen LogP) is -1.42. The molecular weight excluding hydrogens is 252 g/mol. The molecule has 0 bridgehead atoms. The van der Waals surface area contributed by atoms with E-state index in [-0.39, 0.29) is 0 Å². The Morgan fingerprint density at radius 3 is 2.32 bits per heavy atom. The third-order valence-corrected chi connectivity index (χ3v) is 2.74. The normalized spacial score (nSPS) is 18.2. The molecule has 0 aromatic carbocycles. The highest BCUT2D eigenvalue weighted by Gasteiger charge is 2.28. The molecule has 114 valence electrons. The Balaban J connectivity index is 3.85. The van der Waals surface area contributed by atoms with Gasteiger partial charge in [-0.25, -0.2) is 0 Å². The van der Waals surface area contributed by atoms with E-state index >= 15 is 0 Å². The van der Waals surface area contributed by atoms with E-state index in [4.69, 9.17) is 10.2 Å². The molecule has 0 heterocycles. The van der Waals surface area contributed by atoms with Crippen LogP contribution >= 0.6 is 0 Å². The van der Waals surface area contributed by atoms with Gasteiger partial charge in [-0.1, -0.05) is 26.2 Å². The van der Waals surface area contributed by atoms with Crippen molar-refractivity contribution >= 4 is 6.21 Å². The lowest BCUT2D eigenvalue weighted by molar-refractivity contribution is -0.1000. The topological polar surface area (TPSA) is 126 Å². The van der Waals surface area contributed by atoms with Crippen molar-refractivity contribution in [3.05, 3.63) is 0 Å². The summed E-state index contributed by atoms with van der Waals surface area (Å²) in [5.41, 5.74) is 2.72. The van der Waals surface area contributed by atoms with Gasteiger partial charge < -0.3 is 31.0 Å². The lowest BCUT2D eigenvalue weighted by Crippen LogP contribution is -2.46. The van der Waals surface area contributed by atoms with E-state index in [2.05, 4.69) is 17.5 Å². The fourth-order valence-corrected chi connectivity index (χ4v) is 1.45. The van der Waals surface area contributed by atoms with Gasteiger partial charge in [0.2, 0.25) is 0 Å². The number of nitrogens with zero attached hydrogens (tertiary/aromatic N) is 1. The molecule has 0 aliphatic rings. The van der Waals surface area contributed by atoms with Crippen molar-refractivity contribution < 1.29 is 25.5 Å². The van der Waals surface area contributed by atoms with Crippen molar-refractivity contribution in [1.82, 2.24) is 5.43 Å². The molecule has 4 atom stereocenters. The van der Waals surface area contributed by atoms with Crippen LogP contribution in [0.25, 0.3) is 0 Å². The van der Waals surface area contributed by atoms with Crippen LogP contribution in [0.15, 0.2) is 5.10 Å². The first-order chi connectivity index (χ1) is 9.04. The summed E-state index contributed by atoms with van der Waals surface area (Å²) in [7, 11) is 0. The molecule has 0 amide bonds. The number of hydrazone groups is 1. The maximum atomic E-state index is 9.48. The molecule has 0 saturated carbocycles. The van der Waals surface area contributed by atoms with Crippen LogP contribution in [0.5, 0.6) is 0 Å². The second-order valence-electron chi connectivity index (χ2n) is 4.47. The van der Waals surface area contributed by atoms with E-state index in [1.54, 1.807) is 0 Å². The van der Waals surface area contributed by atoms with Crippen LogP contribution in [0.3, 0.4) is 0 Å². The molecule has 7 heteroatoms. The summed E-state index contributed by atoms with van der Waals surface area (Å²) < 4.78 is 0. The van der Waals surface area contributed by atoms with Gasteiger partial charge in [0, 0.05) is 6.54 Å². The summed E-state index contributed by atoms with van der Waals surface area (Å²) in [6.45, 7) is 2.09. The standard InChI is InChI=1S/C12H26N2O5/c1-2-3-4-5-6-13-14-7-9(16)11(18)12(19)10(17)8-15/h7,9-13,15-19H,2-6,8H2,1H3/b14-7+/t9-,10-,11-,12-/m1/s1. The Hall–Kier alpha value is -0.730. The summed E-state index contributed by atoms with van der Waals surface area (Å²) in [5, 5.41) is 49.7. The smallest absolute Gasteiger partial charge is 0.119 e. The highest BCUT2D eigenvalue weighted by Crippen LogP contribution is 2.03. The third-order valence-electron chi connectivity index (χ3n) is 2.74. The largest absolute Gasteiger partial charge is 0.394 e. The van der Waals surface area contributed by atoms with E-state index in [1.165, 1.54) is 0 Å². The Bertz CT molecular complexity index is 240. The zero-order chi connectivity index (χ0) is 14.7. The quantitative estimate of drug-likeness (QED) is 0.156. The summed E-state index contributed by atoms with van der Waals surface area (Å²) in [5.74, 6) is 0. The van der Waals surface area contributed by atoms with E-state index in [1.807, 2.05) is 0 Å². The predicted molar refractivity (Wildman–Crippen MR) is 71.7 cm³/mol. The van der Waals surface area contributed by atoms with Gasteiger partial charge in [0.05, 0.1) is 12.8 Å². The maximum Gasteiger partial charge on any atom is 0.119 e. The first-order valence-corrected chi connectivity index (χ1v) is 6.63. The Kier molecular flexibility index (Phi) is 10.7. The molecule has 0 unspecified atom stereocenters. The monoisotopic (exact) mass is 278 g/mol. The van der Waals surface area contributed by atoms with Crippen LogP contribution in [0.4, 0.5) is 0 Å². The van der Waals surface area contributed by atoms with Crippen LogP contribution in [-0.2, 0) is 0 Å². The van der Waals surface area contributed by atoms with Gasteiger partial charge in [-0.05, 0) is 6.42 Å². The molecule has 19 heavy (non-hydrogen) atoms. The minimum atomic E-state index is -1.63. The van der Waals surface area contributed by atoms with Crippen molar-refractivity contribution in [1.29, 1.82) is 0 Å². The average molecular weight is 278 g/mol. The van der Waals surface area contributed by atoms with Gasteiger partial charge in [0.25, 0.3) is 0 Å². The van der Waals surface area contributed by atoms with Gasteiger partial charge in [-0.15, -0.1) is 0 Å². The fraction of sp³-hybridized carbons (Fsp3) is 0.917. The van der Waals surface area contributed by atoms with Crippen LogP contribution in [0, 0.1) is 0 Å². The molecule has 0 radical (unpaired) electrons. The van der Waals surface area contributed by atoms with Crippen molar-refractivity contribution in [2.75, 3.05) is 13.2 Å². The van der Waals surface area contributed by atoms with Gasteiger partial charge in [0.15, 0.2) is 0 Å². The molecule has 0 rings (SSSR count).